The maximum absolute atomic E-state index is 12.5. The molecule has 1 amide bonds. The lowest BCUT2D eigenvalue weighted by Gasteiger charge is -2.05. The molecular formula is C8H5F3N4O. The van der Waals surface area contributed by atoms with E-state index in [2.05, 4.69) is 9.97 Å². The third-order valence-corrected chi connectivity index (χ3v) is 1.94. The van der Waals surface area contributed by atoms with Gasteiger partial charge in [-0.05, 0) is 0 Å². The smallest absolute Gasteiger partial charge is 0.364 e. The molecule has 0 saturated carbocycles. The van der Waals surface area contributed by atoms with Gasteiger partial charge in [0.05, 0.1) is 12.4 Å². The van der Waals surface area contributed by atoms with Gasteiger partial charge in [-0.25, -0.2) is 9.97 Å². The van der Waals surface area contributed by atoms with E-state index in [0.29, 0.717) is 6.20 Å². The highest BCUT2D eigenvalue weighted by atomic mass is 19.4. The topological polar surface area (TPSA) is 73.3 Å². The minimum absolute atomic E-state index is 0.00248. The molecule has 2 aromatic heterocycles. The van der Waals surface area contributed by atoms with E-state index >= 15 is 0 Å². The van der Waals surface area contributed by atoms with Gasteiger partial charge < -0.3 is 5.73 Å². The Labute approximate surface area is 86.7 Å². The van der Waals surface area contributed by atoms with E-state index in [1.54, 1.807) is 0 Å². The van der Waals surface area contributed by atoms with Gasteiger partial charge in [-0.15, -0.1) is 0 Å². The highest BCUT2D eigenvalue weighted by molar-refractivity contribution is 5.90. The van der Waals surface area contributed by atoms with Crippen molar-refractivity contribution in [2.75, 3.05) is 0 Å². The van der Waals surface area contributed by atoms with Crippen molar-refractivity contribution in [1.29, 1.82) is 0 Å². The molecule has 0 aliphatic carbocycles. The summed E-state index contributed by atoms with van der Waals surface area (Å²) in [6.07, 6.45) is -1.92. The van der Waals surface area contributed by atoms with E-state index in [4.69, 9.17) is 5.73 Å². The second kappa shape index (κ2) is 3.19. The van der Waals surface area contributed by atoms with Crippen LogP contribution in [0.5, 0.6) is 0 Å². The third kappa shape index (κ3) is 1.58. The first-order chi connectivity index (χ1) is 7.39. The van der Waals surface area contributed by atoms with E-state index in [1.807, 2.05) is 0 Å². The van der Waals surface area contributed by atoms with Crippen molar-refractivity contribution in [2.45, 2.75) is 6.18 Å². The molecule has 84 valence electrons. The van der Waals surface area contributed by atoms with Gasteiger partial charge in [0.1, 0.15) is 11.4 Å². The molecule has 16 heavy (non-hydrogen) atoms. The highest BCUT2D eigenvalue weighted by Crippen LogP contribution is 2.29. The van der Waals surface area contributed by atoms with Crippen LogP contribution in [0.3, 0.4) is 0 Å². The normalized spacial score (nSPS) is 11.9. The molecule has 2 rings (SSSR count). The number of imidazole rings is 1. The van der Waals surface area contributed by atoms with E-state index in [1.165, 1.54) is 0 Å². The number of primary amides is 1. The Hall–Kier alpha value is -2.12. The van der Waals surface area contributed by atoms with Crippen LogP contribution in [0.25, 0.3) is 5.65 Å². The average Bonchev–Trinajstić information content (AvgIpc) is 2.58. The Balaban J connectivity index is 2.70. The van der Waals surface area contributed by atoms with Gasteiger partial charge in [0.2, 0.25) is 0 Å². The summed E-state index contributed by atoms with van der Waals surface area (Å²) in [5.74, 6) is -0.899. The Kier molecular flexibility index (Phi) is 2.07. The van der Waals surface area contributed by atoms with Gasteiger partial charge in [-0.2, -0.15) is 13.2 Å². The Morgan fingerprint density at radius 2 is 2.00 bits per heavy atom. The largest absolute Gasteiger partial charge is 0.433 e. The molecule has 0 saturated heterocycles. The van der Waals surface area contributed by atoms with Crippen molar-refractivity contribution >= 4 is 11.6 Å². The van der Waals surface area contributed by atoms with E-state index in [-0.39, 0.29) is 11.3 Å². The molecule has 0 radical (unpaired) electrons. The van der Waals surface area contributed by atoms with Gasteiger partial charge in [-0.3, -0.25) is 9.20 Å². The first-order valence-electron chi connectivity index (χ1n) is 4.09. The van der Waals surface area contributed by atoms with Crippen LogP contribution in [0.1, 0.15) is 16.2 Å². The Morgan fingerprint density at radius 1 is 1.31 bits per heavy atom. The number of hydrogen-bond donors (Lipinski definition) is 1. The molecule has 0 aliphatic rings. The zero-order chi connectivity index (χ0) is 11.9. The molecule has 0 unspecified atom stereocenters. The van der Waals surface area contributed by atoms with Crippen molar-refractivity contribution in [3.05, 3.63) is 30.0 Å². The number of carbonyl (C=O) groups excluding carboxylic acids is 1. The molecule has 0 bridgehead atoms. The SMILES string of the molecule is NC(=O)c1cn2c(C(F)(F)F)cnc2cn1. The summed E-state index contributed by atoms with van der Waals surface area (Å²) in [6, 6.07) is 0. The molecule has 0 atom stereocenters. The maximum atomic E-state index is 12.5. The summed E-state index contributed by atoms with van der Waals surface area (Å²) in [6.45, 7) is 0. The lowest BCUT2D eigenvalue weighted by molar-refractivity contribution is -0.141. The lowest BCUT2D eigenvalue weighted by atomic mass is 10.4. The Bertz CT molecular complexity index is 560. The fourth-order valence-electron chi connectivity index (χ4n) is 1.23. The van der Waals surface area contributed by atoms with Crippen molar-refractivity contribution in [3.63, 3.8) is 0 Å². The van der Waals surface area contributed by atoms with Crippen LogP contribution in [0, 0.1) is 0 Å². The molecule has 2 heterocycles. The molecule has 0 aromatic carbocycles. The predicted molar refractivity (Wildman–Crippen MR) is 46.5 cm³/mol. The van der Waals surface area contributed by atoms with Crippen LogP contribution < -0.4 is 5.73 Å². The summed E-state index contributed by atoms with van der Waals surface area (Å²) in [5.41, 5.74) is 3.68. The van der Waals surface area contributed by atoms with Crippen molar-refractivity contribution in [1.82, 2.24) is 14.4 Å². The zero-order valence-corrected chi connectivity index (χ0v) is 7.69. The molecule has 2 aromatic rings. The number of hydrogen-bond acceptors (Lipinski definition) is 3. The molecule has 0 aliphatic heterocycles. The number of nitrogens with two attached hydrogens (primary N) is 1. The van der Waals surface area contributed by atoms with Crippen LogP contribution >= 0.6 is 0 Å². The van der Waals surface area contributed by atoms with E-state index in [0.717, 1.165) is 16.8 Å². The van der Waals surface area contributed by atoms with Crippen molar-refractivity contribution in [3.8, 4) is 0 Å². The van der Waals surface area contributed by atoms with Crippen molar-refractivity contribution < 1.29 is 18.0 Å². The van der Waals surface area contributed by atoms with Crippen LogP contribution in [-0.4, -0.2) is 20.3 Å². The summed E-state index contributed by atoms with van der Waals surface area (Å²) < 4.78 is 38.2. The van der Waals surface area contributed by atoms with Gasteiger partial charge in [-0.1, -0.05) is 0 Å². The molecule has 8 heteroatoms. The minimum atomic E-state index is -4.55. The fraction of sp³-hybridized carbons (Fsp3) is 0.125. The number of halogens is 3. The van der Waals surface area contributed by atoms with E-state index in [9.17, 15) is 18.0 Å². The van der Waals surface area contributed by atoms with Crippen LogP contribution in [-0.2, 0) is 6.18 Å². The second-order valence-electron chi connectivity index (χ2n) is 3.01. The van der Waals surface area contributed by atoms with Gasteiger partial charge in [0, 0.05) is 6.20 Å². The predicted octanol–water partition coefficient (Wildman–Crippen LogP) is 0.847. The lowest BCUT2D eigenvalue weighted by Crippen LogP contribution is -2.15. The number of fused-ring (bicyclic) bond motifs is 1. The molecule has 0 fully saturated rings. The van der Waals surface area contributed by atoms with Crippen LogP contribution in [0.15, 0.2) is 18.6 Å². The molecule has 5 nitrogen and oxygen atoms in total. The summed E-state index contributed by atoms with van der Waals surface area (Å²) in [4.78, 5) is 17.9. The van der Waals surface area contributed by atoms with Crippen LogP contribution in [0.2, 0.25) is 0 Å². The van der Waals surface area contributed by atoms with Crippen molar-refractivity contribution in [2.24, 2.45) is 5.73 Å². The zero-order valence-electron chi connectivity index (χ0n) is 7.69. The van der Waals surface area contributed by atoms with Gasteiger partial charge in [0.15, 0.2) is 5.65 Å². The van der Waals surface area contributed by atoms with E-state index < -0.39 is 17.8 Å². The summed E-state index contributed by atoms with van der Waals surface area (Å²) in [7, 11) is 0. The number of carbonyl (C=O) groups is 1. The number of amides is 1. The summed E-state index contributed by atoms with van der Waals surface area (Å²) in [5, 5.41) is 0. The minimum Gasteiger partial charge on any atom is -0.364 e. The van der Waals surface area contributed by atoms with Gasteiger partial charge >= 0.3 is 6.18 Å². The molecule has 0 spiro atoms. The summed E-state index contributed by atoms with van der Waals surface area (Å²) >= 11 is 0. The average molecular weight is 230 g/mol. The number of nitrogens with zero attached hydrogens (tertiary/aromatic N) is 3. The highest BCUT2D eigenvalue weighted by Gasteiger charge is 2.34. The Morgan fingerprint density at radius 3 is 2.56 bits per heavy atom. The fourth-order valence-corrected chi connectivity index (χ4v) is 1.23. The molecular weight excluding hydrogens is 225 g/mol. The maximum Gasteiger partial charge on any atom is 0.433 e. The van der Waals surface area contributed by atoms with Crippen LogP contribution in [0.4, 0.5) is 13.2 Å². The third-order valence-electron chi connectivity index (χ3n) is 1.94. The van der Waals surface area contributed by atoms with Gasteiger partial charge in [0.25, 0.3) is 5.91 Å². The monoisotopic (exact) mass is 230 g/mol. The number of aromatic nitrogens is 3. The quantitative estimate of drug-likeness (QED) is 0.789. The first kappa shape index (κ1) is 10.4. The number of rotatable bonds is 1. The standard InChI is InChI=1S/C8H5F3N4O/c9-8(10,11)5-1-14-6-2-13-4(7(12)16)3-15(5)6/h1-3H,(H2,12,16). The molecule has 2 N–H and O–H groups in total. The first-order valence-corrected chi connectivity index (χ1v) is 4.09. The number of alkyl halides is 3. The second-order valence-corrected chi connectivity index (χ2v) is 3.01.